The van der Waals surface area contributed by atoms with E-state index in [9.17, 15) is 5.26 Å². The molecule has 0 fully saturated rings. The van der Waals surface area contributed by atoms with Crippen molar-refractivity contribution in [2.24, 2.45) is 0 Å². The van der Waals surface area contributed by atoms with Crippen molar-refractivity contribution in [1.29, 1.82) is 5.26 Å². The Morgan fingerprint density at radius 1 is 0.450 bits per heavy atom. The SMILES string of the molecule is N#Cc1ccccc1-n1c2ccccc2c2c(-c3cccc4c5ccccc5n(-c5ccccc5)c34)cccc21. The van der Waals surface area contributed by atoms with E-state index in [0.29, 0.717) is 5.56 Å². The van der Waals surface area contributed by atoms with Crippen molar-refractivity contribution >= 4 is 43.6 Å². The van der Waals surface area contributed by atoms with E-state index in [0.717, 1.165) is 22.4 Å². The molecule has 8 rings (SSSR count). The summed E-state index contributed by atoms with van der Waals surface area (Å²) in [7, 11) is 0. The Kier molecular flexibility index (Phi) is 4.89. The number of nitrogens with zero attached hydrogens (tertiary/aromatic N) is 3. The van der Waals surface area contributed by atoms with Gasteiger partial charge in [-0.05, 0) is 48.0 Å². The Labute approximate surface area is 231 Å². The van der Waals surface area contributed by atoms with Crippen molar-refractivity contribution in [1.82, 2.24) is 9.13 Å². The van der Waals surface area contributed by atoms with Crippen molar-refractivity contribution in [3.8, 4) is 28.6 Å². The highest BCUT2D eigenvalue weighted by atomic mass is 15.0. The number of para-hydroxylation sites is 5. The first-order valence-electron chi connectivity index (χ1n) is 13.4. The van der Waals surface area contributed by atoms with Gasteiger partial charge in [-0.25, -0.2) is 0 Å². The molecule has 0 aliphatic carbocycles. The standard InChI is InChI=1S/C37H23N3/c38-24-25-12-4-7-20-32(25)40-34-22-9-6-16-31(34)36-28(17-11-23-35(36)40)30-19-10-18-29-27-15-5-8-21-33(27)39(37(29)30)26-13-2-1-3-14-26/h1-23H. The second-order valence-corrected chi connectivity index (χ2v) is 10.1. The van der Waals surface area contributed by atoms with Gasteiger partial charge < -0.3 is 9.13 Å². The maximum Gasteiger partial charge on any atom is 0.101 e. The van der Waals surface area contributed by atoms with Gasteiger partial charge in [0.25, 0.3) is 0 Å². The predicted molar refractivity (Wildman–Crippen MR) is 165 cm³/mol. The topological polar surface area (TPSA) is 33.6 Å². The highest BCUT2D eigenvalue weighted by molar-refractivity contribution is 6.20. The maximum absolute atomic E-state index is 9.95. The first-order valence-corrected chi connectivity index (χ1v) is 13.4. The zero-order chi connectivity index (χ0) is 26.6. The first kappa shape index (κ1) is 22.4. The van der Waals surface area contributed by atoms with Crippen LogP contribution in [0.15, 0.2) is 140 Å². The van der Waals surface area contributed by atoms with Crippen molar-refractivity contribution in [2.75, 3.05) is 0 Å². The minimum atomic E-state index is 0.655. The summed E-state index contributed by atoms with van der Waals surface area (Å²) in [5.41, 5.74) is 9.59. The summed E-state index contributed by atoms with van der Waals surface area (Å²) >= 11 is 0. The number of hydrogen-bond donors (Lipinski definition) is 0. The molecule has 0 aliphatic rings. The Hall–Kier alpha value is -5.59. The molecule has 3 nitrogen and oxygen atoms in total. The smallest absolute Gasteiger partial charge is 0.101 e. The Bertz CT molecular complexity index is 2280. The fraction of sp³-hybridized carbons (Fsp3) is 0. The second kappa shape index (κ2) is 8.73. The van der Waals surface area contributed by atoms with Crippen LogP contribution in [-0.2, 0) is 0 Å². The molecule has 186 valence electrons. The molecule has 0 unspecified atom stereocenters. The van der Waals surface area contributed by atoms with Gasteiger partial charge in [0.15, 0.2) is 0 Å². The van der Waals surface area contributed by atoms with Crippen LogP contribution < -0.4 is 0 Å². The number of fused-ring (bicyclic) bond motifs is 6. The summed E-state index contributed by atoms with van der Waals surface area (Å²) in [6.07, 6.45) is 0. The van der Waals surface area contributed by atoms with Crippen LogP contribution in [0, 0.1) is 11.3 Å². The second-order valence-electron chi connectivity index (χ2n) is 10.1. The van der Waals surface area contributed by atoms with E-state index in [1.807, 2.05) is 24.3 Å². The maximum atomic E-state index is 9.95. The molecule has 0 bridgehead atoms. The lowest BCUT2D eigenvalue weighted by Gasteiger charge is -2.13. The first-order chi connectivity index (χ1) is 19.8. The van der Waals surface area contributed by atoms with E-state index in [2.05, 4.69) is 130 Å². The quantitative estimate of drug-likeness (QED) is 0.233. The third-order valence-corrected chi connectivity index (χ3v) is 7.96. The van der Waals surface area contributed by atoms with Gasteiger partial charge in [-0.1, -0.05) is 97.1 Å². The van der Waals surface area contributed by atoms with Crippen LogP contribution in [-0.4, -0.2) is 9.13 Å². The molecule has 3 heteroatoms. The summed E-state index contributed by atoms with van der Waals surface area (Å²) in [6.45, 7) is 0. The lowest BCUT2D eigenvalue weighted by atomic mass is 9.97. The number of nitriles is 1. The van der Waals surface area contributed by atoms with Gasteiger partial charge in [0.05, 0.1) is 33.3 Å². The van der Waals surface area contributed by atoms with Gasteiger partial charge in [-0.15, -0.1) is 0 Å². The van der Waals surface area contributed by atoms with Crippen LogP contribution in [0.25, 0.3) is 66.1 Å². The average Bonchev–Trinajstić information content (AvgIpc) is 3.55. The van der Waals surface area contributed by atoms with Crippen LogP contribution in [0.1, 0.15) is 5.56 Å². The molecular formula is C37H23N3. The van der Waals surface area contributed by atoms with E-state index in [-0.39, 0.29) is 0 Å². The largest absolute Gasteiger partial charge is 0.309 e. The zero-order valence-electron chi connectivity index (χ0n) is 21.6. The molecule has 0 saturated heterocycles. The molecule has 0 spiro atoms. The van der Waals surface area contributed by atoms with Crippen LogP contribution in [0.4, 0.5) is 0 Å². The normalized spacial score (nSPS) is 11.5. The fourth-order valence-corrected chi connectivity index (χ4v) is 6.35. The lowest BCUT2D eigenvalue weighted by Crippen LogP contribution is -1.97. The summed E-state index contributed by atoms with van der Waals surface area (Å²) in [6, 6.07) is 51.2. The number of rotatable bonds is 3. The molecule has 0 N–H and O–H groups in total. The van der Waals surface area contributed by atoms with Gasteiger partial charge in [0.2, 0.25) is 0 Å². The van der Waals surface area contributed by atoms with Crippen molar-refractivity contribution < 1.29 is 0 Å². The Balaban J connectivity index is 1.55. The van der Waals surface area contributed by atoms with Crippen molar-refractivity contribution in [3.05, 3.63) is 145 Å². The van der Waals surface area contributed by atoms with Crippen LogP contribution in [0.3, 0.4) is 0 Å². The third-order valence-electron chi connectivity index (χ3n) is 7.96. The number of aromatic nitrogens is 2. The summed E-state index contributed by atoms with van der Waals surface area (Å²) in [5, 5.41) is 14.8. The zero-order valence-corrected chi connectivity index (χ0v) is 21.6. The van der Waals surface area contributed by atoms with Gasteiger partial charge >= 0.3 is 0 Å². The fourth-order valence-electron chi connectivity index (χ4n) is 6.35. The highest BCUT2D eigenvalue weighted by Crippen LogP contribution is 2.43. The van der Waals surface area contributed by atoms with Gasteiger partial charge in [-0.3, -0.25) is 0 Å². The number of hydrogen-bond acceptors (Lipinski definition) is 1. The van der Waals surface area contributed by atoms with Crippen molar-refractivity contribution in [3.63, 3.8) is 0 Å². The van der Waals surface area contributed by atoms with Gasteiger partial charge in [0, 0.05) is 32.8 Å². The monoisotopic (exact) mass is 509 g/mol. The van der Waals surface area contributed by atoms with Gasteiger partial charge in [-0.2, -0.15) is 5.26 Å². The highest BCUT2D eigenvalue weighted by Gasteiger charge is 2.21. The summed E-state index contributed by atoms with van der Waals surface area (Å²) in [4.78, 5) is 0. The van der Waals surface area contributed by atoms with E-state index in [1.54, 1.807) is 0 Å². The molecule has 8 aromatic rings. The predicted octanol–water partition coefficient (Wildman–Crippen LogP) is 9.42. The van der Waals surface area contributed by atoms with Crippen LogP contribution in [0.5, 0.6) is 0 Å². The van der Waals surface area contributed by atoms with Crippen LogP contribution in [0.2, 0.25) is 0 Å². The molecular weight excluding hydrogens is 486 g/mol. The van der Waals surface area contributed by atoms with E-state index >= 15 is 0 Å². The molecule has 6 aromatic carbocycles. The van der Waals surface area contributed by atoms with E-state index in [1.165, 1.54) is 43.7 Å². The summed E-state index contributed by atoms with van der Waals surface area (Å²) < 4.78 is 4.63. The lowest BCUT2D eigenvalue weighted by molar-refractivity contribution is 1.17. The van der Waals surface area contributed by atoms with E-state index < -0.39 is 0 Å². The molecule has 0 radical (unpaired) electrons. The van der Waals surface area contributed by atoms with E-state index in [4.69, 9.17) is 0 Å². The molecule has 2 heterocycles. The number of benzene rings is 6. The summed E-state index contributed by atoms with van der Waals surface area (Å²) in [5.74, 6) is 0. The van der Waals surface area contributed by atoms with Gasteiger partial charge in [0.1, 0.15) is 6.07 Å². The molecule has 0 amide bonds. The Morgan fingerprint density at radius 3 is 1.88 bits per heavy atom. The molecule has 40 heavy (non-hydrogen) atoms. The molecule has 0 atom stereocenters. The molecule has 0 saturated carbocycles. The third kappa shape index (κ3) is 3.11. The molecule has 0 aliphatic heterocycles. The Morgan fingerprint density at radius 2 is 1.05 bits per heavy atom. The minimum Gasteiger partial charge on any atom is -0.309 e. The van der Waals surface area contributed by atoms with Crippen molar-refractivity contribution in [2.45, 2.75) is 0 Å². The average molecular weight is 510 g/mol. The minimum absolute atomic E-state index is 0.655. The molecule has 2 aromatic heterocycles. The van der Waals surface area contributed by atoms with Crippen LogP contribution >= 0.6 is 0 Å².